The highest BCUT2D eigenvalue weighted by Crippen LogP contribution is 2.41. The number of halogens is 2. The van der Waals surface area contributed by atoms with Crippen molar-refractivity contribution in [3.63, 3.8) is 0 Å². The lowest BCUT2D eigenvalue weighted by Crippen LogP contribution is -2.49. The number of carbonyl (C=O) groups excluding carboxylic acids is 1. The van der Waals surface area contributed by atoms with E-state index in [-0.39, 0.29) is 5.91 Å². The second kappa shape index (κ2) is 8.56. The van der Waals surface area contributed by atoms with E-state index in [1.165, 1.54) is 0 Å². The average Bonchev–Trinajstić information content (AvgIpc) is 3.63. The van der Waals surface area contributed by atoms with Gasteiger partial charge in [-0.1, -0.05) is 58.7 Å². The van der Waals surface area contributed by atoms with E-state index in [0.29, 0.717) is 70.3 Å². The predicted molar refractivity (Wildman–Crippen MR) is 132 cm³/mol. The van der Waals surface area contributed by atoms with Gasteiger partial charge in [-0.05, 0) is 25.0 Å². The quantitative estimate of drug-likeness (QED) is 0.377. The van der Waals surface area contributed by atoms with E-state index in [1.54, 1.807) is 12.3 Å². The van der Waals surface area contributed by atoms with E-state index in [9.17, 15) is 4.79 Å². The Labute approximate surface area is 206 Å². The second-order valence-corrected chi connectivity index (χ2v) is 9.53. The van der Waals surface area contributed by atoms with Gasteiger partial charge in [-0.25, -0.2) is 9.97 Å². The number of amides is 1. The molecule has 172 valence electrons. The van der Waals surface area contributed by atoms with E-state index in [2.05, 4.69) is 15.0 Å². The molecule has 1 amide bonds. The Morgan fingerprint density at radius 2 is 1.79 bits per heavy atom. The number of hydrogen-bond acceptors (Lipinski definition) is 6. The molecule has 4 aromatic rings. The van der Waals surface area contributed by atoms with Crippen LogP contribution in [0.3, 0.4) is 0 Å². The maximum atomic E-state index is 13.8. The molecule has 2 aliphatic rings. The monoisotopic (exact) mass is 493 g/mol. The third-order valence-corrected chi connectivity index (χ3v) is 6.88. The van der Waals surface area contributed by atoms with Crippen LogP contribution in [0.4, 0.5) is 5.82 Å². The van der Waals surface area contributed by atoms with Gasteiger partial charge >= 0.3 is 0 Å². The van der Waals surface area contributed by atoms with Gasteiger partial charge in [-0.2, -0.15) is 0 Å². The molecule has 34 heavy (non-hydrogen) atoms. The van der Waals surface area contributed by atoms with Crippen LogP contribution in [-0.2, 0) is 0 Å². The highest BCUT2D eigenvalue weighted by molar-refractivity contribution is 6.36. The Kier molecular flexibility index (Phi) is 5.38. The van der Waals surface area contributed by atoms with Crippen molar-refractivity contribution in [2.75, 3.05) is 31.1 Å². The van der Waals surface area contributed by atoms with Crippen molar-refractivity contribution in [1.29, 1.82) is 0 Å². The molecule has 7 nitrogen and oxygen atoms in total. The van der Waals surface area contributed by atoms with E-state index < -0.39 is 0 Å². The fourth-order valence-electron chi connectivity index (χ4n) is 4.45. The number of carbonyl (C=O) groups is 1. The molecular weight excluding hydrogens is 473 g/mol. The number of rotatable bonds is 4. The minimum absolute atomic E-state index is 0.0375. The molecule has 1 aliphatic heterocycles. The zero-order valence-corrected chi connectivity index (χ0v) is 19.8. The van der Waals surface area contributed by atoms with Crippen molar-refractivity contribution in [3.8, 4) is 11.3 Å². The molecule has 0 atom stereocenters. The van der Waals surface area contributed by atoms with E-state index in [4.69, 9.17) is 32.7 Å². The van der Waals surface area contributed by atoms with Crippen LogP contribution in [0.1, 0.15) is 34.8 Å². The summed E-state index contributed by atoms with van der Waals surface area (Å²) in [5, 5.41) is 5.97. The molecule has 1 aromatic carbocycles. The van der Waals surface area contributed by atoms with Gasteiger partial charge in [0.1, 0.15) is 11.5 Å². The van der Waals surface area contributed by atoms with Crippen LogP contribution in [-0.4, -0.2) is 52.1 Å². The average molecular weight is 494 g/mol. The van der Waals surface area contributed by atoms with Crippen LogP contribution in [0.2, 0.25) is 10.0 Å². The van der Waals surface area contributed by atoms with E-state index in [0.717, 1.165) is 24.1 Å². The van der Waals surface area contributed by atoms with Crippen LogP contribution in [0.15, 0.2) is 53.2 Å². The molecule has 1 saturated heterocycles. The molecule has 1 aliphatic carbocycles. The fraction of sp³-hybridized carbons (Fsp3) is 0.280. The molecule has 4 heterocycles. The van der Waals surface area contributed by atoms with Gasteiger partial charge in [0.25, 0.3) is 11.6 Å². The number of piperazine rings is 1. The first-order valence-electron chi connectivity index (χ1n) is 11.3. The number of hydrogen-bond donors (Lipinski definition) is 0. The predicted octanol–water partition coefficient (Wildman–Crippen LogP) is 5.43. The molecule has 6 rings (SSSR count). The largest absolute Gasteiger partial charge is 0.352 e. The van der Waals surface area contributed by atoms with E-state index in [1.807, 2.05) is 41.3 Å². The molecule has 1 saturated carbocycles. The normalized spacial score (nSPS) is 16.3. The SMILES string of the molecule is O=C(c1cc(C2CC2)nc2onc(-c3ccccc3)c12)N1CCN(c2ncc(Cl)cc2Cl)CC1. The minimum atomic E-state index is -0.0375. The lowest BCUT2D eigenvalue weighted by atomic mass is 10.0. The van der Waals surface area contributed by atoms with E-state index >= 15 is 0 Å². The summed E-state index contributed by atoms with van der Waals surface area (Å²) in [5.41, 5.74) is 3.46. The topological polar surface area (TPSA) is 75.4 Å². The number of nitrogens with zero attached hydrogens (tertiary/aromatic N) is 5. The summed E-state index contributed by atoms with van der Waals surface area (Å²) in [5.74, 6) is 1.03. The second-order valence-electron chi connectivity index (χ2n) is 8.68. The summed E-state index contributed by atoms with van der Waals surface area (Å²) in [6, 6.07) is 13.4. The Morgan fingerprint density at radius 3 is 2.50 bits per heavy atom. The Bertz CT molecular complexity index is 1380. The Balaban J connectivity index is 1.32. The van der Waals surface area contributed by atoms with Gasteiger partial charge < -0.3 is 14.3 Å². The Hall–Kier alpha value is -3.16. The maximum absolute atomic E-state index is 13.8. The molecule has 0 spiro atoms. The lowest BCUT2D eigenvalue weighted by Gasteiger charge is -2.35. The standard InChI is InChI=1S/C25H21Cl2N5O2/c26-17-12-19(27)23(28-14-17)31-8-10-32(11-9-31)25(33)18-13-20(15-6-7-15)29-24-21(18)22(30-34-24)16-4-2-1-3-5-16/h1-5,12-15H,6-11H2. The zero-order chi connectivity index (χ0) is 23.2. The van der Waals surface area contributed by atoms with Gasteiger partial charge in [-0.3, -0.25) is 4.79 Å². The highest BCUT2D eigenvalue weighted by Gasteiger charge is 2.32. The molecule has 9 heteroatoms. The maximum Gasteiger partial charge on any atom is 0.259 e. The first-order valence-corrected chi connectivity index (χ1v) is 12.0. The number of aromatic nitrogens is 3. The number of anilines is 1. The molecule has 0 bridgehead atoms. The van der Waals surface area contributed by atoms with Crippen molar-refractivity contribution in [2.45, 2.75) is 18.8 Å². The van der Waals surface area contributed by atoms with Gasteiger partial charge in [0, 0.05) is 49.6 Å². The van der Waals surface area contributed by atoms with Crippen LogP contribution in [0.5, 0.6) is 0 Å². The molecule has 0 unspecified atom stereocenters. The Morgan fingerprint density at radius 1 is 1.03 bits per heavy atom. The van der Waals surface area contributed by atoms with Crippen LogP contribution >= 0.6 is 23.2 Å². The van der Waals surface area contributed by atoms with Crippen molar-refractivity contribution in [2.24, 2.45) is 0 Å². The summed E-state index contributed by atoms with van der Waals surface area (Å²) in [7, 11) is 0. The third-order valence-electron chi connectivity index (χ3n) is 6.39. The van der Waals surface area contributed by atoms with Gasteiger partial charge in [0.05, 0.1) is 21.0 Å². The van der Waals surface area contributed by atoms with Crippen molar-refractivity contribution in [3.05, 3.63) is 70.0 Å². The smallest absolute Gasteiger partial charge is 0.259 e. The summed E-state index contributed by atoms with van der Waals surface area (Å²) in [6.45, 7) is 2.35. The van der Waals surface area contributed by atoms with Crippen molar-refractivity contribution < 1.29 is 9.32 Å². The van der Waals surface area contributed by atoms with Crippen LogP contribution < -0.4 is 4.90 Å². The van der Waals surface area contributed by atoms with Crippen LogP contribution in [0.25, 0.3) is 22.4 Å². The molecular formula is C25H21Cl2N5O2. The lowest BCUT2D eigenvalue weighted by molar-refractivity contribution is 0.0748. The fourth-order valence-corrected chi connectivity index (χ4v) is 4.95. The molecule has 0 radical (unpaired) electrons. The molecule has 2 fully saturated rings. The summed E-state index contributed by atoms with van der Waals surface area (Å²) in [6.07, 6.45) is 3.75. The summed E-state index contributed by atoms with van der Waals surface area (Å²) >= 11 is 12.3. The molecule has 0 N–H and O–H groups in total. The molecule has 3 aromatic heterocycles. The van der Waals surface area contributed by atoms with Gasteiger partial charge in [-0.15, -0.1) is 0 Å². The first kappa shape index (κ1) is 21.4. The summed E-state index contributed by atoms with van der Waals surface area (Å²) < 4.78 is 5.62. The summed E-state index contributed by atoms with van der Waals surface area (Å²) in [4.78, 5) is 26.8. The third kappa shape index (κ3) is 3.89. The number of fused-ring (bicyclic) bond motifs is 1. The minimum Gasteiger partial charge on any atom is -0.352 e. The van der Waals surface area contributed by atoms with Crippen molar-refractivity contribution >= 4 is 46.0 Å². The number of benzene rings is 1. The zero-order valence-electron chi connectivity index (χ0n) is 18.2. The first-order chi connectivity index (χ1) is 16.6. The van der Waals surface area contributed by atoms with Crippen LogP contribution in [0, 0.1) is 0 Å². The van der Waals surface area contributed by atoms with Gasteiger partial charge in [0.15, 0.2) is 0 Å². The number of pyridine rings is 2. The van der Waals surface area contributed by atoms with Gasteiger partial charge in [0.2, 0.25) is 0 Å². The highest BCUT2D eigenvalue weighted by atomic mass is 35.5. The van der Waals surface area contributed by atoms with Crippen molar-refractivity contribution in [1.82, 2.24) is 20.0 Å².